The van der Waals surface area contributed by atoms with E-state index in [4.69, 9.17) is 5.11 Å². The zero-order valence-electron chi connectivity index (χ0n) is 11.2. The average Bonchev–Trinajstić information content (AvgIpc) is 2.39. The second-order valence-electron chi connectivity index (χ2n) is 5.07. The van der Waals surface area contributed by atoms with Crippen LogP contribution in [0.3, 0.4) is 0 Å². The molecule has 0 spiro atoms. The van der Waals surface area contributed by atoms with Crippen LogP contribution < -0.4 is 5.32 Å². The number of halogens is 3. The topological polar surface area (TPSA) is 35.5 Å². The summed E-state index contributed by atoms with van der Waals surface area (Å²) in [7, 11) is 0. The summed E-state index contributed by atoms with van der Waals surface area (Å²) in [5.74, 6) is 0. The van der Waals surface area contributed by atoms with Crippen LogP contribution in [0.2, 0.25) is 0 Å². The Morgan fingerprint density at radius 1 is 1.25 bits per heavy atom. The van der Waals surface area contributed by atoms with Gasteiger partial charge in [-0.2, -0.15) is 13.2 Å². The molecule has 1 atom stereocenters. The van der Waals surface area contributed by atoms with Crippen LogP contribution in [-0.4, -0.2) is 48.8 Å². The highest BCUT2D eigenvalue weighted by molar-refractivity contribution is 5.25. The molecular formula is C14H19F3N2O. The summed E-state index contributed by atoms with van der Waals surface area (Å²) in [6.45, 7) is 3.31. The van der Waals surface area contributed by atoms with Crippen LogP contribution in [0.25, 0.3) is 0 Å². The fraction of sp³-hybridized carbons (Fsp3) is 0.571. The Hall–Kier alpha value is -1.11. The highest BCUT2D eigenvalue weighted by Gasteiger charge is 2.30. The van der Waals surface area contributed by atoms with Gasteiger partial charge in [-0.3, -0.25) is 4.90 Å². The van der Waals surface area contributed by atoms with Gasteiger partial charge in [0.25, 0.3) is 0 Å². The minimum absolute atomic E-state index is 0.132. The third-order valence-corrected chi connectivity index (χ3v) is 3.52. The number of hydrogen-bond acceptors (Lipinski definition) is 3. The Morgan fingerprint density at radius 3 is 2.55 bits per heavy atom. The maximum atomic E-state index is 12.5. The van der Waals surface area contributed by atoms with Gasteiger partial charge >= 0.3 is 6.18 Å². The lowest BCUT2D eigenvalue weighted by Crippen LogP contribution is -2.52. The Morgan fingerprint density at radius 2 is 1.95 bits per heavy atom. The van der Waals surface area contributed by atoms with Crippen LogP contribution >= 0.6 is 0 Å². The SMILES string of the molecule is OCCN1CCNC(Cc2ccc(C(F)(F)F)cc2)C1. The summed E-state index contributed by atoms with van der Waals surface area (Å²) in [4.78, 5) is 2.16. The molecule has 1 fully saturated rings. The number of aliphatic hydroxyl groups excluding tert-OH is 1. The van der Waals surface area contributed by atoms with E-state index >= 15 is 0 Å². The molecule has 1 aromatic carbocycles. The molecule has 2 rings (SSSR count). The molecule has 1 saturated heterocycles. The summed E-state index contributed by atoms with van der Waals surface area (Å²) in [5, 5.41) is 12.3. The third-order valence-electron chi connectivity index (χ3n) is 3.52. The number of nitrogens with one attached hydrogen (secondary N) is 1. The Bertz CT molecular complexity index is 417. The van der Waals surface area contributed by atoms with E-state index in [9.17, 15) is 13.2 Å². The summed E-state index contributed by atoms with van der Waals surface area (Å²) in [6, 6.07) is 5.55. The van der Waals surface area contributed by atoms with Crippen molar-refractivity contribution in [3.63, 3.8) is 0 Å². The van der Waals surface area contributed by atoms with Gasteiger partial charge in [-0.25, -0.2) is 0 Å². The molecule has 112 valence electrons. The first-order valence-corrected chi connectivity index (χ1v) is 6.72. The minimum atomic E-state index is -4.28. The van der Waals surface area contributed by atoms with E-state index in [0.717, 1.165) is 37.3 Å². The van der Waals surface area contributed by atoms with Gasteiger partial charge in [-0.1, -0.05) is 12.1 Å². The van der Waals surface area contributed by atoms with Crippen molar-refractivity contribution in [1.29, 1.82) is 0 Å². The summed E-state index contributed by atoms with van der Waals surface area (Å²) < 4.78 is 37.4. The number of nitrogens with zero attached hydrogens (tertiary/aromatic N) is 1. The zero-order valence-corrected chi connectivity index (χ0v) is 11.2. The molecule has 1 aliphatic heterocycles. The zero-order chi connectivity index (χ0) is 14.6. The number of alkyl halides is 3. The minimum Gasteiger partial charge on any atom is -0.395 e. The molecule has 0 saturated carbocycles. The predicted molar refractivity (Wildman–Crippen MR) is 70.5 cm³/mol. The second-order valence-corrected chi connectivity index (χ2v) is 5.07. The lowest BCUT2D eigenvalue weighted by molar-refractivity contribution is -0.137. The number of hydrogen-bond donors (Lipinski definition) is 2. The van der Waals surface area contributed by atoms with E-state index in [1.807, 2.05) is 0 Å². The molecule has 0 radical (unpaired) electrons. The van der Waals surface area contributed by atoms with Gasteiger partial charge in [-0.05, 0) is 24.1 Å². The van der Waals surface area contributed by atoms with E-state index in [0.29, 0.717) is 13.0 Å². The molecule has 0 bridgehead atoms. The van der Waals surface area contributed by atoms with Crippen LogP contribution in [-0.2, 0) is 12.6 Å². The summed E-state index contributed by atoms with van der Waals surface area (Å²) in [6.07, 6.45) is -3.58. The third kappa shape index (κ3) is 4.19. The van der Waals surface area contributed by atoms with Crippen molar-refractivity contribution in [2.75, 3.05) is 32.8 Å². The highest BCUT2D eigenvalue weighted by Crippen LogP contribution is 2.29. The molecule has 0 aromatic heterocycles. The van der Waals surface area contributed by atoms with Crippen LogP contribution in [0.1, 0.15) is 11.1 Å². The van der Waals surface area contributed by atoms with E-state index in [2.05, 4.69) is 10.2 Å². The smallest absolute Gasteiger partial charge is 0.395 e. The maximum Gasteiger partial charge on any atom is 0.416 e. The Balaban J connectivity index is 1.93. The molecule has 0 aliphatic carbocycles. The van der Waals surface area contributed by atoms with Crippen molar-refractivity contribution < 1.29 is 18.3 Å². The van der Waals surface area contributed by atoms with Crippen molar-refractivity contribution in [3.05, 3.63) is 35.4 Å². The van der Waals surface area contributed by atoms with Crippen molar-refractivity contribution in [2.24, 2.45) is 0 Å². The van der Waals surface area contributed by atoms with Gasteiger partial charge in [0.1, 0.15) is 0 Å². The first-order valence-electron chi connectivity index (χ1n) is 6.72. The van der Waals surface area contributed by atoms with Crippen molar-refractivity contribution in [3.8, 4) is 0 Å². The fourth-order valence-electron chi connectivity index (χ4n) is 2.49. The Kier molecular flexibility index (Phi) is 5.01. The molecular weight excluding hydrogens is 269 g/mol. The van der Waals surface area contributed by atoms with Crippen molar-refractivity contribution in [1.82, 2.24) is 10.2 Å². The average molecular weight is 288 g/mol. The van der Waals surface area contributed by atoms with Crippen molar-refractivity contribution >= 4 is 0 Å². The number of rotatable bonds is 4. The highest BCUT2D eigenvalue weighted by atomic mass is 19.4. The standard InChI is InChI=1S/C14H19F3N2O/c15-14(16,17)12-3-1-11(2-4-12)9-13-10-19(7-8-20)6-5-18-13/h1-4,13,18,20H,5-10H2. The van der Waals surface area contributed by atoms with Gasteiger partial charge in [0.05, 0.1) is 12.2 Å². The maximum absolute atomic E-state index is 12.5. The van der Waals surface area contributed by atoms with Crippen LogP contribution in [0.4, 0.5) is 13.2 Å². The molecule has 20 heavy (non-hydrogen) atoms. The summed E-state index contributed by atoms with van der Waals surface area (Å²) >= 11 is 0. The van der Waals surface area contributed by atoms with Crippen LogP contribution in [0, 0.1) is 0 Å². The number of β-amino-alcohol motifs (C(OH)–C–C–N with tert-alkyl or cyclic N) is 1. The monoisotopic (exact) mass is 288 g/mol. The number of aliphatic hydroxyl groups is 1. The molecule has 2 N–H and O–H groups in total. The van der Waals surface area contributed by atoms with Gasteiger partial charge < -0.3 is 10.4 Å². The summed E-state index contributed by atoms with van der Waals surface area (Å²) in [5.41, 5.74) is 0.279. The van der Waals surface area contributed by atoms with Gasteiger partial charge in [0.15, 0.2) is 0 Å². The molecule has 6 heteroatoms. The van der Waals surface area contributed by atoms with E-state index in [1.165, 1.54) is 12.1 Å². The van der Waals surface area contributed by atoms with E-state index in [-0.39, 0.29) is 12.6 Å². The van der Waals surface area contributed by atoms with E-state index < -0.39 is 11.7 Å². The normalized spacial score (nSPS) is 21.1. The molecule has 0 amide bonds. The van der Waals surface area contributed by atoms with Gasteiger partial charge in [0, 0.05) is 32.2 Å². The molecule has 3 nitrogen and oxygen atoms in total. The molecule has 1 aliphatic rings. The number of benzene rings is 1. The lowest BCUT2D eigenvalue weighted by Gasteiger charge is -2.33. The van der Waals surface area contributed by atoms with Crippen LogP contribution in [0.15, 0.2) is 24.3 Å². The van der Waals surface area contributed by atoms with Gasteiger partial charge in [0.2, 0.25) is 0 Å². The molecule has 1 unspecified atom stereocenters. The Labute approximate surface area is 116 Å². The molecule has 1 aromatic rings. The first-order chi connectivity index (χ1) is 9.49. The number of piperazine rings is 1. The lowest BCUT2D eigenvalue weighted by atomic mass is 10.0. The first kappa shape index (κ1) is 15.3. The van der Waals surface area contributed by atoms with Gasteiger partial charge in [-0.15, -0.1) is 0 Å². The second kappa shape index (κ2) is 6.56. The molecule has 1 heterocycles. The van der Waals surface area contributed by atoms with Crippen molar-refractivity contribution in [2.45, 2.75) is 18.6 Å². The van der Waals surface area contributed by atoms with Crippen LogP contribution in [0.5, 0.6) is 0 Å². The largest absolute Gasteiger partial charge is 0.416 e. The quantitative estimate of drug-likeness (QED) is 0.881. The fourth-order valence-corrected chi connectivity index (χ4v) is 2.49. The predicted octanol–water partition coefficient (Wildman–Crippen LogP) is 1.51. The van der Waals surface area contributed by atoms with E-state index in [1.54, 1.807) is 0 Å².